The number of nitrogens with zero attached hydrogens (tertiary/aromatic N) is 1. The third-order valence-electron chi connectivity index (χ3n) is 2.10. The number of fused-ring (bicyclic) bond motifs is 1. The van der Waals surface area contributed by atoms with E-state index in [4.69, 9.17) is 14.4 Å². The topological polar surface area (TPSA) is 72.6 Å². The lowest BCUT2D eigenvalue weighted by Crippen LogP contribution is -2.08. The largest absolute Gasteiger partial charge is 0.487 e. The molecule has 70 valence electrons. The Morgan fingerprint density at radius 3 is 3.15 bits per heavy atom. The highest BCUT2D eigenvalue weighted by molar-refractivity contribution is 5.76. The number of carboxylic acid groups (broad SMARTS) is 1. The van der Waals surface area contributed by atoms with Gasteiger partial charge >= 0.3 is 5.97 Å². The first-order valence-electron chi connectivity index (χ1n) is 4.04. The van der Waals surface area contributed by atoms with Gasteiger partial charge in [0, 0.05) is 6.42 Å². The normalized spacial score (nSPS) is 16.4. The Balaban J connectivity index is 2.36. The summed E-state index contributed by atoms with van der Waals surface area (Å²) in [4.78, 5) is 10.7. The van der Waals surface area contributed by atoms with Gasteiger partial charge in [-0.15, -0.1) is 0 Å². The molecule has 1 aromatic heterocycles. The molecule has 1 aliphatic heterocycles. The van der Waals surface area contributed by atoms with Crippen molar-refractivity contribution in [3.05, 3.63) is 11.5 Å². The molecule has 0 radical (unpaired) electrons. The van der Waals surface area contributed by atoms with Gasteiger partial charge in [0.15, 0.2) is 11.5 Å². The lowest BCUT2D eigenvalue weighted by atomic mass is 10.1. The second-order valence-corrected chi connectivity index (χ2v) is 2.98. The lowest BCUT2D eigenvalue weighted by Gasteiger charge is -2.02. The van der Waals surface area contributed by atoms with E-state index in [9.17, 15) is 4.79 Å². The van der Waals surface area contributed by atoms with Crippen LogP contribution in [0.25, 0.3) is 0 Å². The maximum absolute atomic E-state index is 10.7. The third-order valence-corrected chi connectivity index (χ3v) is 2.10. The van der Waals surface area contributed by atoms with Gasteiger partial charge in [-0.3, -0.25) is 4.79 Å². The Morgan fingerprint density at radius 2 is 2.46 bits per heavy atom. The Kier molecular flexibility index (Phi) is 1.72. The van der Waals surface area contributed by atoms with E-state index in [2.05, 4.69) is 5.16 Å². The first-order chi connectivity index (χ1) is 6.20. The van der Waals surface area contributed by atoms with Gasteiger partial charge in [0.2, 0.25) is 0 Å². The maximum atomic E-state index is 10.7. The molecule has 2 rings (SSSR count). The summed E-state index contributed by atoms with van der Waals surface area (Å²) in [7, 11) is 0. The molecule has 2 heterocycles. The minimum atomic E-state index is -0.924. The molecule has 0 spiro atoms. The quantitative estimate of drug-likeness (QED) is 0.734. The summed E-state index contributed by atoms with van der Waals surface area (Å²) >= 11 is 0. The van der Waals surface area contributed by atoms with Crippen LogP contribution in [-0.4, -0.2) is 22.8 Å². The summed E-state index contributed by atoms with van der Waals surface area (Å²) in [5, 5.41) is 12.4. The predicted octanol–water partition coefficient (Wildman–Crippen LogP) is 0.798. The van der Waals surface area contributed by atoms with Gasteiger partial charge in [0.05, 0.1) is 6.61 Å². The van der Waals surface area contributed by atoms with Crippen LogP contribution in [0.15, 0.2) is 4.52 Å². The van der Waals surface area contributed by atoms with Gasteiger partial charge in [-0.1, -0.05) is 5.16 Å². The van der Waals surface area contributed by atoms with Gasteiger partial charge in [0.25, 0.3) is 0 Å². The van der Waals surface area contributed by atoms with Crippen LogP contribution in [0, 0.1) is 0 Å². The highest BCUT2D eigenvalue weighted by atomic mass is 16.5. The molecule has 0 saturated heterocycles. The molecule has 1 atom stereocenters. The standard InChI is InChI=1S/C8H9NO4/c1-4(8(10)11)6-7-5(13-9-6)2-3-12-7/h4H,2-3H2,1H3,(H,10,11). The van der Waals surface area contributed by atoms with E-state index in [-0.39, 0.29) is 0 Å². The molecule has 0 amide bonds. The molecule has 1 aliphatic rings. The molecule has 1 N–H and O–H groups in total. The smallest absolute Gasteiger partial charge is 0.312 e. The molecule has 0 saturated carbocycles. The van der Waals surface area contributed by atoms with Crippen molar-refractivity contribution in [1.29, 1.82) is 0 Å². The zero-order valence-electron chi connectivity index (χ0n) is 7.11. The first-order valence-corrected chi connectivity index (χ1v) is 4.04. The van der Waals surface area contributed by atoms with Gasteiger partial charge < -0.3 is 14.4 Å². The molecule has 5 nitrogen and oxygen atoms in total. The Labute approximate surface area is 74.3 Å². The molecule has 13 heavy (non-hydrogen) atoms. The average molecular weight is 183 g/mol. The van der Waals surface area contributed by atoms with Crippen molar-refractivity contribution in [3.63, 3.8) is 0 Å². The Bertz CT molecular complexity index is 344. The molecular formula is C8H9NO4. The fraction of sp³-hybridized carbons (Fsp3) is 0.500. The average Bonchev–Trinajstić information content (AvgIpc) is 2.61. The van der Waals surface area contributed by atoms with Crippen LogP contribution in [0.3, 0.4) is 0 Å². The van der Waals surface area contributed by atoms with Crippen molar-refractivity contribution in [2.24, 2.45) is 0 Å². The van der Waals surface area contributed by atoms with Gasteiger partial charge in [0.1, 0.15) is 11.6 Å². The fourth-order valence-electron chi connectivity index (χ4n) is 1.28. The predicted molar refractivity (Wildman–Crippen MR) is 41.8 cm³/mol. The van der Waals surface area contributed by atoms with Crippen LogP contribution in [0.2, 0.25) is 0 Å². The van der Waals surface area contributed by atoms with E-state index in [0.29, 0.717) is 30.2 Å². The number of hydrogen-bond donors (Lipinski definition) is 1. The highest BCUT2D eigenvalue weighted by Crippen LogP contribution is 2.33. The van der Waals surface area contributed by atoms with Crippen LogP contribution in [0.1, 0.15) is 24.3 Å². The molecule has 0 bridgehead atoms. The summed E-state index contributed by atoms with van der Waals surface area (Å²) in [6.45, 7) is 2.11. The maximum Gasteiger partial charge on any atom is 0.312 e. The molecule has 5 heteroatoms. The summed E-state index contributed by atoms with van der Waals surface area (Å²) in [5.74, 6) is -0.421. The summed E-state index contributed by atoms with van der Waals surface area (Å²) in [6.07, 6.45) is 0.675. The number of aliphatic carboxylic acids is 1. The molecule has 0 aliphatic carbocycles. The number of carboxylic acids is 1. The van der Waals surface area contributed by atoms with E-state index >= 15 is 0 Å². The second kappa shape index (κ2) is 2.76. The van der Waals surface area contributed by atoms with Crippen molar-refractivity contribution in [2.75, 3.05) is 6.61 Å². The number of aromatic nitrogens is 1. The zero-order valence-corrected chi connectivity index (χ0v) is 7.11. The lowest BCUT2D eigenvalue weighted by molar-refractivity contribution is -0.138. The summed E-state index contributed by atoms with van der Waals surface area (Å²) in [6, 6.07) is 0. The fourth-order valence-corrected chi connectivity index (χ4v) is 1.28. The number of ether oxygens (including phenoxy) is 1. The minimum Gasteiger partial charge on any atom is -0.487 e. The van der Waals surface area contributed by atoms with Crippen molar-refractivity contribution in [1.82, 2.24) is 5.16 Å². The number of hydrogen-bond acceptors (Lipinski definition) is 4. The van der Waals surface area contributed by atoms with Crippen LogP contribution in [0.5, 0.6) is 5.75 Å². The zero-order chi connectivity index (χ0) is 9.42. The molecule has 0 aromatic carbocycles. The highest BCUT2D eigenvalue weighted by Gasteiger charge is 2.29. The number of rotatable bonds is 2. The SMILES string of the molecule is CC(C(=O)O)c1noc2c1OCC2. The van der Waals surface area contributed by atoms with Gasteiger partial charge in [-0.2, -0.15) is 0 Å². The van der Waals surface area contributed by atoms with E-state index in [0.717, 1.165) is 0 Å². The second-order valence-electron chi connectivity index (χ2n) is 2.98. The third kappa shape index (κ3) is 1.16. The van der Waals surface area contributed by atoms with Crippen molar-refractivity contribution in [2.45, 2.75) is 19.3 Å². The number of carbonyl (C=O) groups is 1. The van der Waals surface area contributed by atoms with Crippen molar-refractivity contribution >= 4 is 5.97 Å². The minimum absolute atomic E-state index is 0.389. The van der Waals surface area contributed by atoms with E-state index in [1.165, 1.54) is 0 Å². The molecule has 0 fully saturated rings. The van der Waals surface area contributed by atoms with E-state index < -0.39 is 11.9 Å². The monoisotopic (exact) mass is 183 g/mol. The van der Waals surface area contributed by atoms with Crippen molar-refractivity contribution in [3.8, 4) is 5.75 Å². The Hall–Kier alpha value is -1.52. The van der Waals surface area contributed by atoms with Crippen LogP contribution < -0.4 is 4.74 Å². The van der Waals surface area contributed by atoms with Crippen LogP contribution in [0.4, 0.5) is 0 Å². The molecule has 1 unspecified atom stereocenters. The summed E-state index contributed by atoms with van der Waals surface area (Å²) in [5.41, 5.74) is 0.389. The van der Waals surface area contributed by atoms with Crippen LogP contribution >= 0.6 is 0 Å². The molecule has 1 aromatic rings. The Morgan fingerprint density at radius 1 is 1.69 bits per heavy atom. The van der Waals surface area contributed by atoms with E-state index in [1.54, 1.807) is 6.92 Å². The van der Waals surface area contributed by atoms with Gasteiger partial charge in [-0.25, -0.2) is 0 Å². The van der Waals surface area contributed by atoms with Gasteiger partial charge in [-0.05, 0) is 6.92 Å². The summed E-state index contributed by atoms with van der Waals surface area (Å²) < 4.78 is 10.2. The van der Waals surface area contributed by atoms with Crippen molar-refractivity contribution < 1.29 is 19.2 Å². The first kappa shape index (κ1) is 8.10. The molecular weight excluding hydrogens is 174 g/mol. The van der Waals surface area contributed by atoms with E-state index in [1.807, 2.05) is 0 Å². The van der Waals surface area contributed by atoms with Crippen LogP contribution in [-0.2, 0) is 11.2 Å².